The largest absolute Gasteiger partial charge is 0.480 e. The van der Waals surface area contributed by atoms with Crippen LogP contribution in [0.4, 0.5) is 4.79 Å². The van der Waals surface area contributed by atoms with E-state index >= 15 is 0 Å². The van der Waals surface area contributed by atoms with Crippen molar-refractivity contribution in [2.75, 3.05) is 13.1 Å². The number of likely N-dealkylation sites (tertiary alicyclic amines) is 1. The van der Waals surface area contributed by atoms with Crippen LogP contribution in [0.5, 0.6) is 0 Å². The lowest BCUT2D eigenvalue weighted by Crippen LogP contribution is -2.50. The second-order valence-corrected chi connectivity index (χ2v) is 5.65. The molecule has 1 atom stereocenters. The van der Waals surface area contributed by atoms with Crippen LogP contribution in [0.25, 0.3) is 0 Å². The highest BCUT2D eigenvalue weighted by atomic mass is 16.4. The summed E-state index contributed by atoms with van der Waals surface area (Å²) in [6, 6.07) is -1.29. The third-order valence-corrected chi connectivity index (χ3v) is 2.71. The maximum Gasteiger partial charge on any atom is 0.326 e. The molecule has 1 saturated heterocycles. The Kier molecular flexibility index (Phi) is 4.74. The molecule has 1 fully saturated rings. The van der Waals surface area contributed by atoms with Crippen molar-refractivity contribution in [2.24, 2.45) is 0 Å². The van der Waals surface area contributed by atoms with Crippen molar-refractivity contribution < 1.29 is 19.5 Å². The summed E-state index contributed by atoms with van der Waals surface area (Å²) in [5.74, 6) is -1.31. The first-order valence-electron chi connectivity index (χ1n) is 6.29. The van der Waals surface area contributed by atoms with E-state index in [0.29, 0.717) is 19.4 Å². The Morgan fingerprint density at radius 3 is 2.47 bits per heavy atom. The lowest BCUT2D eigenvalue weighted by Gasteiger charge is -2.23. The first kappa shape index (κ1) is 15.3. The van der Waals surface area contributed by atoms with Gasteiger partial charge in [0.15, 0.2) is 0 Å². The van der Waals surface area contributed by atoms with Crippen molar-refractivity contribution in [1.82, 2.24) is 15.5 Å². The number of nitrogens with one attached hydrogen (secondary N) is 2. The zero-order valence-corrected chi connectivity index (χ0v) is 11.5. The number of urea groups is 1. The van der Waals surface area contributed by atoms with Gasteiger partial charge in [0.1, 0.15) is 6.04 Å². The average molecular weight is 271 g/mol. The van der Waals surface area contributed by atoms with Crippen molar-refractivity contribution in [3.05, 3.63) is 0 Å². The molecular weight excluding hydrogens is 250 g/mol. The van der Waals surface area contributed by atoms with E-state index in [2.05, 4.69) is 10.6 Å². The van der Waals surface area contributed by atoms with Gasteiger partial charge in [-0.05, 0) is 33.6 Å². The fourth-order valence-corrected chi connectivity index (χ4v) is 1.99. The van der Waals surface area contributed by atoms with E-state index in [9.17, 15) is 14.4 Å². The molecule has 7 heteroatoms. The van der Waals surface area contributed by atoms with E-state index in [4.69, 9.17) is 5.11 Å². The lowest BCUT2D eigenvalue weighted by molar-refractivity contribution is -0.141. The Morgan fingerprint density at radius 2 is 1.95 bits per heavy atom. The molecule has 1 heterocycles. The molecule has 3 amide bonds. The topological polar surface area (TPSA) is 98.7 Å². The van der Waals surface area contributed by atoms with Gasteiger partial charge in [-0.1, -0.05) is 0 Å². The van der Waals surface area contributed by atoms with Crippen LogP contribution in [0.15, 0.2) is 0 Å². The number of hydrogen-bond donors (Lipinski definition) is 3. The van der Waals surface area contributed by atoms with E-state index in [1.807, 2.05) is 20.8 Å². The van der Waals surface area contributed by atoms with Crippen LogP contribution in [0.2, 0.25) is 0 Å². The van der Waals surface area contributed by atoms with E-state index in [-0.39, 0.29) is 18.0 Å². The number of nitrogens with zero attached hydrogens (tertiary/aromatic N) is 1. The molecule has 0 aromatic rings. The highest BCUT2D eigenvalue weighted by molar-refractivity contribution is 5.87. The fourth-order valence-electron chi connectivity index (χ4n) is 1.99. The maximum atomic E-state index is 11.8. The highest BCUT2D eigenvalue weighted by Crippen LogP contribution is 2.17. The molecule has 0 spiro atoms. The van der Waals surface area contributed by atoms with Crippen molar-refractivity contribution in [2.45, 2.75) is 45.2 Å². The van der Waals surface area contributed by atoms with Gasteiger partial charge in [-0.25, -0.2) is 9.59 Å². The second-order valence-electron chi connectivity index (χ2n) is 5.65. The van der Waals surface area contributed by atoms with Crippen molar-refractivity contribution in [3.63, 3.8) is 0 Å². The Bertz CT molecular complexity index is 376. The van der Waals surface area contributed by atoms with Gasteiger partial charge in [-0.15, -0.1) is 0 Å². The molecule has 1 rings (SSSR count). The van der Waals surface area contributed by atoms with E-state index in [0.717, 1.165) is 0 Å². The number of amides is 3. The Morgan fingerprint density at radius 1 is 1.32 bits per heavy atom. The summed E-state index contributed by atoms with van der Waals surface area (Å²) >= 11 is 0. The van der Waals surface area contributed by atoms with Gasteiger partial charge < -0.3 is 20.6 Å². The summed E-state index contributed by atoms with van der Waals surface area (Å²) in [4.78, 5) is 35.5. The monoisotopic (exact) mass is 271 g/mol. The normalized spacial score (nSPS) is 19.1. The molecule has 0 bridgehead atoms. The minimum atomic E-state index is -1.01. The Hall–Kier alpha value is -1.79. The molecule has 0 aliphatic carbocycles. The summed E-state index contributed by atoms with van der Waals surface area (Å²) in [7, 11) is 0. The van der Waals surface area contributed by atoms with Gasteiger partial charge in [0, 0.05) is 12.1 Å². The van der Waals surface area contributed by atoms with E-state index in [1.165, 1.54) is 4.90 Å². The molecule has 0 saturated carbocycles. The molecule has 19 heavy (non-hydrogen) atoms. The summed E-state index contributed by atoms with van der Waals surface area (Å²) in [6.45, 7) is 5.78. The quantitative estimate of drug-likeness (QED) is 0.681. The number of carboxylic acids is 1. The third-order valence-electron chi connectivity index (χ3n) is 2.71. The number of carboxylic acid groups (broad SMARTS) is 1. The first-order valence-corrected chi connectivity index (χ1v) is 6.29. The molecular formula is C12H21N3O4. The van der Waals surface area contributed by atoms with Crippen molar-refractivity contribution in [3.8, 4) is 0 Å². The Balaban J connectivity index is 2.43. The van der Waals surface area contributed by atoms with Gasteiger partial charge >= 0.3 is 12.0 Å². The molecule has 1 unspecified atom stereocenters. The average Bonchev–Trinajstić information content (AvgIpc) is 2.72. The van der Waals surface area contributed by atoms with Crippen LogP contribution in [0, 0.1) is 0 Å². The van der Waals surface area contributed by atoms with Crippen molar-refractivity contribution >= 4 is 17.9 Å². The Labute approximate surface area is 112 Å². The smallest absolute Gasteiger partial charge is 0.326 e. The zero-order valence-electron chi connectivity index (χ0n) is 11.5. The third kappa shape index (κ3) is 4.76. The summed E-state index contributed by atoms with van der Waals surface area (Å²) in [5, 5.41) is 14.1. The number of carbonyl (C=O) groups is 3. The van der Waals surface area contributed by atoms with E-state index < -0.39 is 18.0 Å². The minimum Gasteiger partial charge on any atom is -0.480 e. The number of hydrogen-bond acceptors (Lipinski definition) is 3. The molecule has 3 N–H and O–H groups in total. The minimum absolute atomic E-state index is 0.154. The molecule has 0 radical (unpaired) electrons. The lowest BCUT2D eigenvalue weighted by atomic mass is 10.1. The van der Waals surface area contributed by atoms with Crippen LogP contribution in [-0.2, 0) is 9.59 Å². The summed E-state index contributed by atoms with van der Waals surface area (Å²) in [6.07, 6.45) is 1.12. The van der Waals surface area contributed by atoms with E-state index in [1.54, 1.807) is 0 Å². The van der Waals surface area contributed by atoms with Gasteiger partial charge in [0.2, 0.25) is 5.91 Å². The van der Waals surface area contributed by atoms with Crippen LogP contribution >= 0.6 is 0 Å². The molecule has 1 aliphatic rings. The predicted molar refractivity (Wildman–Crippen MR) is 68.7 cm³/mol. The second kappa shape index (κ2) is 5.90. The van der Waals surface area contributed by atoms with Gasteiger partial charge in [-0.2, -0.15) is 0 Å². The number of aliphatic carboxylic acids is 1. The summed E-state index contributed by atoms with van der Waals surface area (Å²) in [5.41, 5.74) is -0.362. The number of carbonyl (C=O) groups excluding carboxylic acids is 2. The fraction of sp³-hybridized carbons (Fsp3) is 0.750. The molecule has 7 nitrogen and oxygen atoms in total. The number of rotatable bonds is 3. The van der Waals surface area contributed by atoms with Gasteiger partial charge in [0.05, 0.1) is 6.54 Å². The standard InChI is InChI=1S/C12H21N3O4/c1-12(2,3)14-9(16)7-13-11(19)15-6-4-5-8(15)10(17)18/h8H,4-7H2,1-3H3,(H,13,19)(H,14,16)(H,17,18). The van der Waals surface area contributed by atoms with Gasteiger partial charge in [0.25, 0.3) is 0 Å². The predicted octanol–water partition coefficient (Wildman–Crippen LogP) is 0.160. The maximum absolute atomic E-state index is 11.8. The van der Waals surface area contributed by atoms with Crippen LogP contribution in [0.1, 0.15) is 33.6 Å². The molecule has 0 aromatic carbocycles. The molecule has 1 aliphatic heterocycles. The molecule has 0 aromatic heterocycles. The van der Waals surface area contributed by atoms with Crippen molar-refractivity contribution in [1.29, 1.82) is 0 Å². The molecule has 108 valence electrons. The van der Waals surface area contributed by atoms with Gasteiger partial charge in [-0.3, -0.25) is 4.79 Å². The highest BCUT2D eigenvalue weighted by Gasteiger charge is 2.34. The van der Waals surface area contributed by atoms with Crippen LogP contribution < -0.4 is 10.6 Å². The first-order chi connectivity index (χ1) is 8.70. The zero-order chi connectivity index (χ0) is 14.6. The SMILES string of the molecule is CC(C)(C)NC(=O)CNC(=O)N1CCCC1C(=O)O. The van der Waals surface area contributed by atoms with Crippen LogP contribution in [0.3, 0.4) is 0 Å². The summed E-state index contributed by atoms with van der Waals surface area (Å²) < 4.78 is 0. The van der Waals surface area contributed by atoms with Crippen LogP contribution in [-0.4, -0.2) is 52.6 Å².